The van der Waals surface area contributed by atoms with Gasteiger partial charge in [0.15, 0.2) is 5.78 Å². The quantitative estimate of drug-likeness (QED) is 0.707. The molecule has 0 N–H and O–H groups in total. The fourth-order valence-electron chi connectivity index (χ4n) is 1.33. The fourth-order valence-corrected chi connectivity index (χ4v) is 2.60. The van der Waals surface area contributed by atoms with Crippen molar-refractivity contribution < 1.29 is 18.5 Å². The van der Waals surface area contributed by atoms with Crippen LogP contribution in [0.3, 0.4) is 0 Å². The highest BCUT2D eigenvalue weighted by atomic mass is 32.2. The van der Waals surface area contributed by atoms with Crippen LogP contribution in [0.2, 0.25) is 0 Å². The Morgan fingerprint density at radius 1 is 1.71 bits per heavy atom. The minimum atomic E-state index is -1.29. The molecule has 1 aliphatic rings. The third kappa shape index (κ3) is 2.42. The van der Waals surface area contributed by atoms with Gasteiger partial charge in [0.05, 0.1) is 16.6 Å². The van der Waals surface area contributed by atoms with Gasteiger partial charge in [-0.25, -0.2) is 0 Å². The van der Waals surface area contributed by atoms with Gasteiger partial charge >= 0.3 is 0 Å². The average molecular weight is 218 g/mol. The molecule has 14 heavy (non-hydrogen) atoms. The minimum absolute atomic E-state index is 0.198. The molecule has 0 spiro atoms. The van der Waals surface area contributed by atoms with Crippen molar-refractivity contribution in [1.29, 1.82) is 0 Å². The summed E-state index contributed by atoms with van der Waals surface area (Å²) in [6.07, 6.45) is -0.482. The molecule has 0 saturated carbocycles. The molecule has 0 amide bonds. The van der Waals surface area contributed by atoms with Crippen LogP contribution in [0.5, 0.6) is 0 Å². The molecule has 0 radical (unpaired) electrons. The minimum Gasteiger partial charge on any atom is -0.467 e. The Morgan fingerprint density at radius 3 is 2.79 bits per heavy atom. The van der Waals surface area contributed by atoms with Crippen LogP contribution in [-0.4, -0.2) is 28.6 Å². The summed E-state index contributed by atoms with van der Waals surface area (Å²) in [4.78, 5) is 11.4. The number of carbonyl (C=O) groups is 1. The van der Waals surface area contributed by atoms with Gasteiger partial charge in [0.25, 0.3) is 0 Å². The van der Waals surface area contributed by atoms with Crippen LogP contribution in [0.15, 0.2) is 10.7 Å². The molecule has 4 nitrogen and oxygen atoms in total. The first-order valence-electron chi connectivity index (χ1n) is 4.44. The predicted octanol–water partition coefficient (Wildman–Crippen LogP) is 0.948. The van der Waals surface area contributed by atoms with E-state index in [1.54, 1.807) is 6.92 Å². The molecule has 0 saturated heterocycles. The molecular formula is C9H14O4S. The van der Waals surface area contributed by atoms with Crippen molar-refractivity contribution in [3.8, 4) is 0 Å². The zero-order chi connectivity index (χ0) is 10.7. The van der Waals surface area contributed by atoms with E-state index in [4.69, 9.17) is 9.47 Å². The average Bonchev–Trinajstić information content (AvgIpc) is 2.01. The normalized spacial score (nSPS) is 27.4. The van der Waals surface area contributed by atoms with E-state index >= 15 is 0 Å². The monoisotopic (exact) mass is 218 g/mol. The first-order valence-corrected chi connectivity index (χ1v) is 5.76. The van der Waals surface area contributed by atoms with Crippen LogP contribution in [0, 0.1) is 0 Å². The number of ether oxygens (including phenoxy) is 2. The van der Waals surface area contributed by atoms with Gasteiger partial charge in [0, 0.05) is 6.61 Å². The van der Waals surface area contributed by atoms with E-state index in [9.17, 15) is 9.00 Å². The molecule has 0 aliphatic carbocycles. The Kier molecular flexibility index (Phi) is 3.83. The largest absolute Gasteiger partial charge is 0.467 e. The maximum atomic E-state index is 11.6. The van der Waals surface area contributed by atoms with Gasteiger partial charge in [-0.15, -0.1) is 0 Å². The molecule has 1 rings (SSSR count). The molecule has 5 heteroatoms. The van der Waals surface area contributed by atoms with Crippen LogP contribution in [0.25, 0.3) is 0 Å². The zero-order valence-electron chi connectivity index (χ0n) is 8.53. The van der Waals surface area contributed by atoms with Crippen LogP contribution < -0.4 is 0 Å². The van der Waals surface area contributed by atoms with E-state index < -0.39 is 17.1 Å². The van der Waals surface area contributed by atoms with Crippen molar-refractivity contribution in [2.45, 2.75) is 27.1 Å². The van der Waals surface area contributed by atoms with Crippen LogP contribution in [0.4, 0.5) is 0 Å². The number of ketones is 1. The van der Waals surface area contributed by atoms with Gasteiger partial charge in [-0.3, -0.25) is 9.00 Å². The standard InChI is InChI=1S/C9H14O4S/c1-4-12-8-5-14(11)9(6(2)10)7(3)13-8/h8H,4-5H2,1-3H3. The lowest BCUT2D eigenvalue weighted by molar-refractivity contribution is -0.115. The molecular weight excluding hydrogens is 204 g/mol. The molecule has 0 fully saturated rings. The molecule has 1 heterocycles. The zero-order valence-corrected chi connectivity index (χ0v) is 9.35. The lowest BCUT2D eigenvalue weighted by atomic mass is 10.3. The van der Waals surface area contributed by atoms with Crippen molar-refractivity contribution in [2.75, 3.05) is 12.4 Å². The highest BCUT2D eigenvalue weighted by Crippen LogP contribution is 2.21. The number of allylic oxidation sites excluding steroid dienone is 2. The maximum absolute atomic E-state index is 11.6. The summed E-state index contributed by atoms with van der Waals surface area (Å²) in [6, 6.07) is 0. The summed E-state index contributed by atoms with van der Waals surface area (Å²) in [5.41, 5.74) is 0. The number of carbonyl (C=O) groups excluding carboxylic acids is 1. The van der Waals surface area contributed by atoms with E-state index in [1.165, 1.54) is 6.92 Å². The number of rotatable bonds is 3. The SMILES string of the molecule is CCOC1CS(=O)C(C(C)=O)=C(C)O1. The molecule has 1 aliphatic heterocycles. The Labute approximate surface area is 85.7 Å². The molecule has 0 bridgehead atoms. The third-order valence-electron chi connectivity index (χ3n) is 1.82. The van der Waals surface area contributed by atoms with Crippen molar-refractivity contribution >= 4 is 16.6 Å². The van der Waals surface area contributed by atoms with Crippen molar-refractivity contribution in [3.63, 3.8) is 0 Å². The topological polar surface area (TPSA) is 52.6 Å². The predicted molar refractivity (Wildman–Crippen MR) is 52.9 cm³/mol. The molecule has 0 aromatic carbocycles. The highest BCUT2D eigenvalue weighted by Gasteiger charge is 2.28. The van der Waals surface area contributed by atoms with Gasteiger partial charge in [-0.2, -0.15) is 0 Å². The second kappa shape index (κ2) is 4.70. The van der Waals surface area contributed by atoms with Crippen molar-refractivity contribution in [3.05, 3.63) is 10.7 Å². The van der Waals surface area contributed by atoms with Crippen LogP contribution >= 0.6 is 0 Å². The van der Waals surface area contributed by atoms with Gasteiger partial charge < -0.3 is 9.47 Å². The summed E-state index contributed by atoms with van der Waals surface area (Å²) in [6.45, 7) is 5.37. The van der Waals surface area contributed by atoms with Crippen LogP contribution in [-0.2, 0) is 25.1 Å². The lowest BCUT2D eigenvalue weighted by Gasteiger charge is -2.24. The Bertz CT molecular complexity index is 295. The smallest absolute Gasteiger partial charge is 0.211 e. The van der Waals surface area contributed by atoms with E-state index in [1.807, 2.05) is 6.92 Å². The van der Waals surface area contributed by atoms with Gasteiger partial charge in [0.2, 0.25) is 6.29 Å². The molecule has 2 unspecified atom stereocenters. The first-order chi connectivity index (χ1) is 6.56. The van der Waals surface area contributed by atoms with Crippen molar-refractivity contribution in [2.24, 2.45) is 0 Å². The lowest BCUT2D eigenvalue weighted by Crippen LogP contribution is -2.31. The number of hydrogen-bond acceptors (Lipinski definition) is 4. The number of hydrogen-bond donors (Lipinski definition) is 0. The molecule has 2 atom stereocenters. The summed E-state index contributed by atoms with van der Waals surface area (Å²) in [7, 11) is -1.29. The van der Waals surface area contributed by atoms with Crippen LogP contribution in [0.1, 0.15) is 20.8 Å². The Balaban J connectivity index is 2.83. The van der Waals surface area contributed by atoms with Gasteiger partial charge in [-0.05, 0) is 20.8 Å². The summed E-state index contributed by atoms with van der Waals surface area (Å²) in [5, 5.41) is 0. The highest BCUT2D eigenvalue weighted by molar-refractivity contribution is 7.90. The number of Topliss-reactive ketones (excluding diaryl/α,β-unsaturated/α-hetero) is 1. The second-order valence-electron chi connectivity index (χ2n) is 2.96. The molecule has 0 aromatic rings. The van der Waals surface area contributed by atoms with Gasteiger partial charge in [0.1, 0.15) is 10.7 Å². The molecule has 0 aromatic heterocycles. The Morgan fingerprint density at radius 2 is 2.36 bits per heavy atom. The van der Waals surface area contributed by atoms with Crippen molar-refractivity contribution in [1.82, 2.24) is 0 Å². The van der Waals surface area contributed by atoms with E-state index in [-0.39, 0.29) is 16.4 Å². The third-order valence-corrected chi connectivity index (χ3v) is 3.42. The van der Waals surface area contributed by atoms with Gasteiger partial charge in [-0.1, -0.05) is 0 Å². The summed E-state index contributed by atoms with van der Waals surface area (Å²) in [5.74, 6) is 0.455. The summed E-state index contributed by atoms with van der Waals surface area (Å²) < 4.78 is 22.1. The first kappa shape index (κ1) is 11.4. The Hall–Kier alpha value is -0.680. The summed E-state index contributed by atoms with van der Waals surface area (Å²) >= 11 is 0. The fraction of sp³-hybridized carbons (Fsp3) is 0.667. The van der Waals surface area contributed by atoms with E-state index in [0.717, 1.165) is 0 Å². The molecule has 80 valence electrons. The van der Waals surface area contributed by atoms with E-state index in [2.05, 4.69) is 0 Å². The second-order valence-corrected chi connectivity index (χ2v) is 4.39. The van der Waals surface area contributed by atoms with E-state index in [0.29, 0.717) is 12.4 Å². The maximum Gasteiger partial charge on any atom is 0.211 e.